The molecule has 24 heavy (non-hydrogen) atoms. The molecule has 4 heteroatoms. The molecule has 2 aromatic carbocycles. The molecule has 1 aliphatic rings. The van der Waals surface area contributed by atoms with Gasteiger partial charge in [-0.2, -0.15) is 0 Å². The minimum Gasteiger partial charge on any atom is -0.399 e. The molecule has 0 unspecified atom stereocenters. The highest BCUT2D eigenvalue weighted by molar-refractivity contribution is 5.63. The third-order valence-corrected chi connectivity index (χ3v) is 4.93. The molecule has 0 atom stereocenters. The quantitative estimate of drug-likeness (QED) is 0.847. The van der Waals surface area contributed by atoms with Gasteiger partial charge in [-0.1, -0.05) is 13.8 Å². The van der Waals surface area contributed by atoms with E-state index < -0.39 is 0 Å². The van der Waals surface area contributed by atoms with E-state index in [-0.39, 0.29) is 0 Å². The molecule has 0 aromatic heterocycles. The van der Waals surface area contributed by atoms with E-state index in [9.17, 15) is 0 Å². The number of anilines is 4. The van der Waals surface area contributed by atoms with Crippen LogP contribution in [0.1, 0.15) is 25.0 Å². The zero-order valence-corrected chi connectivity index (χ0v) is 14.8. The van der Waals surface area contributed by atoms with Crippen molar-refractivity contribution in [2.45, 2.75) is 26.7 Å². The van der Waals surface area contributed by atoms with E-state index in [0.29, 0.717) is 0 Å². The summed E-state index contributed by atoms with van der Waals surface area (Å²) in [7, 11) is 0. The van der Waals surface area contributed by atoms with Crippen molar-refractivity contribution >= 4 is 22.7 Å². The number of nitrogen functional groups attached to an aromatic ring is 2. The molecule has 128 valence electrons. The Morgan fingerprint density at radius 2 is 1.08 bits per heavy atom. The van der Waals surface area contributed by atoms with Gasteiger partial charge in [0.05, 0.1) is 0 Å². The highest BCUT2D eigenvalue weighted by Crippen LogP contribution is 2.28. The van der Waals surface area contributed by atoms with E-state index in [0.717, 1.165) is 50.4 Å². The minimum absolute atomic E-state index is 0.851. The molecule has 2 aromatic rings. The van der Waals surface area contributed by atoms with Crippen LogP contribution >= 0.6 is 0 Å². The van der Waals surface area contributed by atoms with Gasteiger partial charge in [0.1, 0.15) is 0 Å². The van der Waals surface area contributed by atoms with Crippen molar-refractivity contribution in [3.05, 3.63) is 47.5 Å². The molecule has 0 saturated carbocycles. The maximum absolute atomic E-state index is 5.94. The Hall–Kier alpha value is -2.36. The average molecular weight is 324 g/mol. The van der Waals surface area contributed by atoms with Crippen molar-refractivity contribution < 1.29 is 0 Å². The maximum atomic E-state index is 5.94. The van der Waals surface area contributed by atoms with E-state index in [4.69, 9.17) is 11.5 Å². The topological polar surface area (TPSA) is 58.5 Å². The van der Waals surface area contributed by atoms with Gasteiger partial charge in [-0.05, 0) is 60.4 Å². The smallest absolute Gasteiger partial charge is 0.0401 e. The maximum Gasteiger partial charge on any atom is 0.0401 e. The molecule has 0 bridgehead atoms. The van der Waals surface area contributed by atoms with Crippen LogP contribution in [0.15, 0.2) is 36.4 Å². The lowest BCUT2D eigenvalue weighted by Gasteiger charge is -2.39. The molecule has 1 aliphatic heterocycles. The third-order valence-electron chi connectivity index (χ3n) is 4.93. The predicted molar refractivity (Wildman–Crippen MR) is 105 cm³/mol. The standard InChI is InChI=1S/C20H28N4/c1-3-15-13-17(21)5-7-19(15)23-9-11-24(12-10-23)20-8-6-18(22)14-16(20)4-2/h5-8,13-14H,3-4,9-12,21-22H2,1-2H3. The second-order valence-corrected chi connectivity index (χ2v) is 6.46. The van der Waals surface area contributed by atoms with Crippen LogP contribution in [-0.2, 0) is 12.8 Å². The summed E-state index contributed by atoms with van der Waals surface area (Å²) in [6.45, 7) is 8.51. The molecule has 4 nitrogen and oxygen atoms in total. The van der Waals surface area contributed by atoms with Crippen LogP contribution in [0, 0.1) is 0 Å². The molecular formula is C20H28N4. The van der Waals surface area contributed by atoms with E-state index in [1.807, 2.05) is 12.1 Å². The van der Waals surface area contributed by atoms with Gasteiger partial charge in [-0.15, -0.1) is 0 Å². The monoisotopic (exact) mass is 324 g/mol. The third kappa shape index (κ3) is 3.28. The summed E-state index contributed by atoms with van der Waals surface area (Å²) in [6.07, 6.45) is 2.02. The van der Waals surface area contributed by atoms with E-state index in [1.165, 1.54) is 22.5 Å². The minimum atomic E-state index is 0.851. The van der Waals surface area contributed by atoms with Gasteiger partial charge in [0.2, 0.25) is 0 Å². The Morgan fingerprint density at radius 1 is 0.708 bits per heavy atom. The van der Waals surface area contributed by atoms with Gasteiger partial charge in [-0.25, -0.2) is 0 Å². The summed E-state index contributed by atoms with van der Waals surface area (Å²) in [5, 5.41) is 0. The first-order valence-corrected chi connectivity index (χ1v) is 8.89. The average Bonchev–Trinajstić information content (AvgIpc) is 2.61. The zero-order chi connectivity index (χ0) is 17.1. The first-order valence-electron chi connectivity index (χ1n) is 8.89. The molecule has 0 aliphatic carbocycles. The second kappa shape index (κ2) is 7.04. The van der Waals surface area contributed by atoms with Crippen LogP contribution in [0.3, 0.4) is 0 Å². The lowest BCUT2D eigenvalue weighted by Crippen LogP contribution is -2.47. The molecule has 0 amide bonds. The summed E-state index contributed by atoms with van der Waals surface area (Å²) >= 11 is 0. The largest absolute Gasteiger partial charge is 0.399 e. The molecule has 3 rings (SSSR count). The number of hydrogen-bond donors (Lipinski definition) is 2. The number of nitrogens with zero attached hydrogens (tertiary/aromatic N) is 2. The van der Waals surface area contributed by atoms with Crippen molar-refractivity contribution in [1.82, 2.24) is 0 Å². The van der Waals surface area contributed by atoms with E-state index >= 15 is 0 Å². The Bertz CT molecular complexity index is 641. The van der Waals surface area contributed by atoms with Gasteiger partial charge in [0.25, 0.3) is 0 Å². The Balaban J connectivity index is 1.75. The number of piperazine rings is 1. The van der Waals surface area contributed by atoms with Gasteiger partial charge in [0.15, 0.2) is 0 Å². The number of aryl methyl sites for hydroxylation is 2. The SMILES string of the molecule is CCc1cc(N)ccc1N1CCN(c2ccc(N)cc2CC)CC1. The normalized spacial score (nSPS) is 14.9. The summed E-state index contributed by atoms with van der Waals surface area (Å²) in [5.74, 6) is 0. The molecule has 4 N–H and O–H groups in total. The van der Waals surface area contributed by atoms with Gasteiger partial charge in [-0.3, -0.25) is 0 Å². The summed E-state index contributed by atoms with van der Waals surface area (Å²) in [5.41, 5.74) is 18.9. The molecule has 0 radical (unpaired) electrons. The zero-order valence-electron chi connectivity index (χ0n) is 14.8. The lowest BCUT2D eigenvalue weighted by molar-refractivity contribution is 0.649. The highest BCUT2D eigenvalue weighted by Gasteiger charge is 2.20. The van der Waals surface area contributed by atoms with Crippen molar-refractivity contribution in [3.63, 3.8) is 0 Å². The van der Waals surface area contributed by atoms with Crippen molar-refractivity contribution in [3.8, 4) is 0 Å². The number of nitrogens with two attached hydrogens (primary N) is 2. The van der Waals surface area contributed by atoms with Gasteiger partial charge >= 0.3 is 0 Å². The summed E-state index contributed by atoms with van der Waals surface area (Å²) in [4.78, 5) is 4.97. The first kappa shape index (κ1) is 16.5. The number of hydrogen-bond acceptors (Lipinski definition) is 4. The van der Waals surface area contributed by atoms with E-state index in [2.05, 4.69) is 47.9 Å². The van der Waals surface area contributed by atoms with Crippen LogP contribution in [0.4, 0.5) is 22.7 Å². The van der Waals surface area contributed by atoms with Crippen molar-refractivity contribution in [2.24, 2.45) is 0 Å². The van der Waals surface area contributed by atoms with E-state index in [1.54, 1.807) is 0 Å². The van der Waals surface area contributed by atoms with Crippen molar-refractivity contribution in [1.29, 1.82) is 0 Å². The molecule has 0 spiro atoms. The second-order valence-electron chi connectivity index (χ2n) is 6.46. The van der Waals surface area contributed by atoms with Crippen LogP contribution < -0.4 is 21.3 Å². The van der Waals surface area contributed by atoms with Gasteiger partial charge in [0, 0.05) is 48.9 Å². The highest BCUT2D eigenvalue weighted by atomic mass is 15.3. The molecule has 1 heterocycles. The van der Waals surface area contributed by atoms with Crippen LogP contribution in [0.25, 0.3) is 0 Å². The van der Waals surface area contributed by atoms with Crippen LogP contribution in [0.2, 0.25) is 0 Å². The predicted octanol–water partition coefficient (Wildman–Crippen LogP) is 3.30. The fourth-order valence-electron chi connectivity index (χ4n) is 3.58. The summed E-state index contributed by atoms with van der Waals surface area (Å²) < 4.78 is 0. The number of rotatable bonds is 4. The fourth-order valence-corrected chi connectivity index (χ4v) is 3.58. The fraction of sp³-hybridized carbons (Fsp3) is 0.400. The lowest BCUT2D eigenvalue weighted by atomic mass is 10.1. The van der Waals surface area contributed by atoms with Crippen LogP contribution in [0.5, 0.6) is 0 Å². The Labute approximate surface area is 145 Å². The number of benzene rings is 2. The molecular weight excluding hydrogens is 296 g/mol. The van der Waals surface area contributed by atoms with Gasteiger partial charge < -0.3 is 21.3 Å². The van der Waals surface area contributed by atoms with Crippen molar-refractivity contribution in [2.75, 3.05) is 47.4 Å². The molecule has 1 saturated heterocycles. The first-order chi connectivity index (χ1) is 11.6. The Morgan fingerprint density at radius 3 is 1.42 bits per heavy atom. The Kier molecular flexibility index (Phi) is 4.84. The van der Waals surface area contributed by atoms with Crippen LogP contribution in [-0.4, -0.2) is 26.2 Å². The molecule has 1 fully saturated rings. The summed E-state index contributed by atoms with van der Waals surface area (Å²) in [6, 6.07) is 12.6.